The summed E-state index contributed by atoms with van der Waals surface area (Å²) < 4.78 is 40.2. The van der Waals surface area contributed by atoms with Gasteiger partial charge in [0.1, 0.15) is 0 Å². The zero-order chi connectivity index (χ0) is 12.5. The van der Waals surface area contributed by atoms with E-state index in [9.17, 15) is 18.0 Å². The molecule has 0 bridgehead atoms. The summed E-state index contributed by atoms with van der Waals surface area (Å²) in [6.07, 6.45) is -3.05. The number of pyridine rings is 2. The van der Waals surface area contributed by atoms with Crippen LogP contribution in [0.2, 0.25) is 0 Å². The Morgan fingerprint density at radius 2 is 2.06 bits per heavy atom. The van der Waals surface area contributed by atoms with Crippen LogP contribution in [-0.4, -0.2) is 22.8 Å². The summed E-state index contributed by atoms with van der Waals surface area (Å²) in [6, 6.07) is 4.08. The lowest BCUT2D eigenvalue weighted by Crippen LogP contribution is -2.19. The molecule has 0 saturated heterocycles. The third kappa shape index (κ3) is 2.74. The molecule has 7 heteroatoms. The molecule has 0 aliphatic carbocycles. The first-order valence-corrected chi connectivity index (χ1v) is 4.64. The monoisotopic (exact) mass is 244 g/mol. The Kier molecular flexibility index (Phi) is 2.74. The molecular formula is C10H7F3N2O2. The van der Waals surface area contributed by atoms with Crippen molar-refractivity contribution < 1.29 is 17.9 Å². The first-order valence-electron chi connectivity index (χ1n) is 4.64. The first-order chi connectivity index (χ1) is 7.96. The van der Waals surface area contributed by atoms with Crippen LogP contribution >= 0.6 is 0 Å². The Balaban J connectivity index is 2.30. The largest absolute Gasteiger partial charge is 0.468 e. The molecule has 0 unspecified atom stereocenters. The quantitative estimate of drug-likeness (QED) is 0.877. The van der Waals surface area contributed by atoms with E-state index >= 15 is 0 Å². The fraction of sp³-hybridized carbons (Fsp3) is 0.200. The van der Waals surface area contributed by atoms with Crippen LogP contribution in [0.5, 0.6) is 5.88 Å². The number of rotatable bonds is 2. The fourth-order valence-corrected chi connectivity index (χ4v) is 1.29. The topological polar surface area (TPSA) is 55.0 Å². The number of fused-ring (bicyclic) bond motifs is 1. The Morgan fingerprint density at radius 3 is 2.76 bits per heavy atom. The van der Waals surface area contributed by atoms with Crippen molar-refractivity contribution in [1.29, 1.82) is 0 Å². The summed E-state index contributed by atoms with van der Waals surface area (Å²) in [5, 5.41) is 0.298. The van der Waals surface area contributed by atoms with Gasteiger partial charge in [0, 0.05) is 12.3 Å². The van der Waals surface area contributed by atoms with Crippen LogP contribution in [0.25, 0.3) is 10.9 Å². The molecule has 2 heterocycles. The second-order valence-corrected chi connectivity index (χ2v) is 3.29. The van der Waals surface area contributed by atoms with Gasteiger partial charge in [0.25, 0.3) is 5.56 Å². The molecule has 0 amide bonds. The van der Waals surface area contributed by atoms with E-state index in [1.54, 1.807) is 0 Å². The van der Waals surface area contributed by atoms with Crippen molar-refractivity contribution >= 4 is 10.9 Å². The lowest BCUT2D eigenvalue weighted by atomic mass is 10.3. The predicted octanol–water partition coefficient (Wildman–Crippen LogP) is 1.86. The van der Waals surface area contributed by atoms with Gasteiger partial charge in [0.2, 0.25) is 5.88 Å². The fourth-order valence-electron chi connectivity index (χ4n) is 1.29. The van der Waals surface area contributed by atoms with Gasteiger partial charge < -0.3 is 9.72 Å². The van der Waals surface area contributed by atoms with Gasteiger partial charge in [0.15, 0.2) is 6.61 Å². The maximum atomic E-state index is 11.9. The molecule has 0 radical (unpaired) electrons. The average Bonchev–Trinajstić information content (AvgIpc) is 2.26. The van der Waals surface area contributed by atoms with Gasteiger partial charge in [-0.25, -0.2) is 4.98 Å². The Bertz CT molecular complexity index is 592. The highest BCUT2D eigenvalue weighted by Gasteiger charge is 2.28. The van der Waals surface area contributed by atoms with Crippen molar-refractivity contribution in [2.24, 2.45) is 0 Å². The third-order valence-corrected chi connectivity index (χ3v) is 1.98. The Hall–Kier alpha value is -2.05. The van der Waals surface area contributed by atoms with E-state index in [2.05, 4.69) is 14.7 Å². The third-order valence-electron chi connectivity index (χ3n) is 1.98. The van der Waals surface area contributed by atoms with Gasteiger partial charge in [-0.15, -0.1) is 0 Å². The van der Waals surface area contributed by atoms with Crippen LogP contribution in [0.4, 0.5) is 13.2 Å². The molecule has 0 fully saturated rings. The highest BCUT2D eigenvalue weighted by atomic mass is 19.4. The number of aromatic nitrogens is 2. The number of halogens is 3. The maximum Gasteiger partial charge on any atom is 0.422 e. The summed E-state index contributed by atoms with van der Waals surface area (Å²) in [5.74, 6) is -0.166. The maximum absolute atomic E-state index is 11.9. The molecule has 2 aromatic rings. The molecule has 4 nitrogen and oxygen atoms in total. The molecule has 17 heavy (non-hydrogen) atoms. The van der Waals surface area contributed by atoms with Crippen molar-refractivity contribution in [1.82, 2.24) is 9.97 Å². The Labute approximate surface area is 93.1 Å². The number of nitrogens with zero attached hydrogens (tertiary/aromatic N) is 1. The molecule has 2 rings (SSSR count). The van der Waals surface area contributed by atoms with Gasteiger partial charge in [-0.1, -0.05) is 0 Å². The van der Waals surface area contributed by atoms with E-state index in [0.29, 0.717) is 5.39 Å². The zero-order valence-corrected chi connectivity index (χ0v) is 8.41. The van der Waals surface area contributed by atoms with Crippen molar-refractivity contribution in [3.05, 3.63) is 34.7 Å². The van der Waals surface area contributed by atoms with Gasteiger partial charge in [-0.2, -0.15) is 13.2 Å². The number of hydrogen-bond acceptors (Lipinski definition) is 3. The number of aromatic amines is 1. The van der Waals surface area contributed by atoms with Crippen LogP contribution in [0.3, 0.4) is 0 Å². The van der Waals surface area contributed by atoms with E-state index in [-0.39, 0.29) is 17.0 Å². The molecule has 90 valence electrons. The van der Waals surface area contributed by atoms with Gasteiger partial charge in [0.05, 0.1) is 10.9 Å². The SMILES string of the molecule is O=c1[nH]ccc2nc(OCC(F)(F)F)ccc12. The van der Waals surface area contributed by atoms with Crippen molar-refractivity contribution in [3.63, 3.8) is 0 Å². The number of hydrogen-bond donors (Lipinski definition) is 1. The van der Waals surface area contributed by atoms with Crippen molar-refractivity contribution in [2.45, 2.75) is 6.18 Å². The van der Waals surface area contributed by atoms with E-state index in [4.69, 9.17) is 0 Å². The lowest BCUT2D eigenvalue weighted by Gasteiger charge is -2.08. The molecule has 0 atom stereocenters. The zero-order valence-electron chi connectivity index (χ0n) is 8.41. The van der Waals surface area contributed by atoms with Crippen LogP contribution in [0.1, 0.15) is 0 Å². The minimum Gasteiger partial charge on any atom is -0.468 e. The first kappa shape index (κ1) is 11.4. The number of alkyl halides is 3. The smallest absolute Gasteiger partial charge is 0.422 e. The molecule has 0 saturated carbocycles. The molecule has 0 aliphatic rings. The van der Waals surface area contributed by atoms with Gasteiger partial charge in [-0.05, 0) is 12.1 Å². The Morgan fingerprint density at radius 1 is 1.29 bits per heavy atom. The number of H-pyrrole nitrogens is 1. The highest BCUT2D eigenvalue weighted by molar-refractivity contribution is 5.77. The molecular weight excluding hydrogens is 237 g/mol. The number of nitrogens with one attached hydrogen (secondary N) is 1. The lowest BCUT2D eigenvalue weighted by molar-refractivity contribution is -0.154. The number of ether oxygens (including phenoxy) is 1. The van der Waals surface area contributed by atoms with Crippen LogP contribution in [-0.2, 0) is 0 Å². The normalized spacial score (nSPS) is 11.7. The second-order valence-electron chi connectivity index (χ2n) is 3.29. The summed E-state index contributed by atoms with van der Waals surface area (Å²) in [7, 11) is 0. The van der Waals surface area contributed by atoms with Gasteiger partial charge in [-0.3, -0.25) is 4.79 Å². The van der Waals surface area contributed by atoms with E-state index in [1.165, 1.54) is 24.4 Å². The molecule has 0 aromatic carbocycles. The molecule has 1 N–H and O–H groups in total. The average molecular weight is 244 g/mol. The van der Waals surface area contributed by atoms with Gasteiger partial charge >= 0.3 is 6.18 Å². The van der Waals surface area contributed by atoms with Crippen LogP contribution in [0, 0.1) is 0 Å². The van der Waals surface area contributed by atoms with Crippen LogP contribution in [0.15, 0.2) is 29.2 Å². The minimum atomic E-state index is -4.41. The highest BCUT2D eigenvalue weighted by Crippen LogP contribution is 2.18. The van der Waals surface area contributed by atoms with Crippen molar-refractivity contribution in [2.75, 3.05) is 6.61 Å². The van der Waals surface area contributed by atoms with Crippen LogP contribution < -0.4 is 10.3 Å². The molecule has 0 aliphatic heterocycles. The minimum absolute atomic E-state index is 0.166. The summed E-state index contributed by atoms with van der Waals surface area (Å²) in [5.41, 5.74) is -0.0641. The van der Waals surface area contributed by atoms with E-state index in [0.717, 1.165) is 0 Å². The van der Waals surface area contributed by atoms with Crippen molar-refractivity contribution in [3.8, 4) is 5.88 Å². The summed E-state index contributed by atoms with van der Waals surface area (Å²) >= 11 is 0. The molecule has 2 aromatic heterocycles. The predicted molar refractivity (Wildman–Crippen MR) is 53.9 cm³/mol. The van der Waals surface area contributed by atoms with E-state index < -0.39 is 12.8 Å². The second kappa shape index (κ2) is 4.08. The summed E-state index contributed by atoms with van der Waals surface area (Å²) in [6.45, 7) is -1.41. The summed E-state index contributed by atoms with van der Waals surface area (Å²) in [4.78, 5) is 17.5. The molecule has 0 spiro atoms. The standard InChI is InChI=1S/C10H7F3N2O2/c11-10(12,13)5-17-8-2-1-6-7(15-8)3-4-14-9(6)16/h1-4H,5H2,(H,14,16). The van der Waals surface area contributed by atoms with E-state index in [1.807, 2.05) is 0 Å².